The molecule has 0 unspecified atom stereocenters. The van der Waals surface area contributed by atoms with E-state index in [0.717, 1.165) is 35.9 Å². The van der Waals surface area contributed by atoms with Gasteiger partial charge in [0.05, 0.1) is 17.4 Å². The summed E-state index contributed by atoms with van der Waals surface area (Å²) >= 11 is 0. The fourth-order valence-corrected chi connectivity index (χ4v) is 6.71. The maximum Gasteiger partial charge on any atom is 0.410 e. The number of hydrogen-bond donors (Lipinski definition) is 1. The number of halogens is 1. The smallest absolute Gasteiger partial charge is 0.410 e. The van der Waals surface area contributed by atoms with Gasteiger partial charge in [-0.05, 0) is 78.7 Å². The van der Waals surface area contributed by atoms with E-state index in [4.69, 9.17) is 9.72 Å². The van der Waals surface area contributed by atoms with Gasteiger partial charge in [0.1, 0.15) is 34.4 Å². The fourth-order valence-electron chi connectivity index (χ4n) is 6.71. The van der Waals surface area contributed by atoms with Gasteiger partial charge in [0.2, 0.25) is 0 Å². The van der Waals surface area contributed by atoms with Gasteiger partial charge in [-0.3, -0.25) is 14.5 Å². The molecule has 0 aliphatic carbocycles. The van der Waals surface area contributed by atoms with Crippen molar-refractivity contribution in [1.82, 2.24) is 29.5 Å². The third-order valence-corrected chi connectivity index (χ3v) is 8.97. The van der Waals surface area contributed by atoms with Gasteiger partial charge >= 0.3 is 6.09 Å². The second-order valence-electron chi connectivity index (χ2n) is 13.3. The van der Waals surface area contributed by atoms with Crippen molar-refractivity contribution < 1.29 is 13.9 Å². The number of carbonyl (C=O) groups is 1. The zero-order valence-corrected chi connectivity index (χ0v) is 26.6. The van der Waals surface area contributed by atoms with E-state index >= 15 is 4.39 Å². The zero-order chi connectivity index (χ0) is 32.2. The van der Waals surface area contributed by atoms with E-state index < -0.39 is 23.1 Å². The number of likely N-dealkylation sites (tertiary alicyclic amines) is 1. The number of H-pyrrole nitrogens is 1. The molecule has 3 aromatic heterocycles. The molecule has 0 spiro atoms. The zero-order valence-electron chi connectivity index (χ0n) is 26.6. The predicted octanol–water partition coefficient (Wildman–Crippen LogP) is 4.80. The van der Waals surface area contributed by atoms with Gasteiger partial charge < -0.3 is 19.4 Å². The number of ether oxygens (including phenoxy) is 1. The van der Waals surface area contributed by atoms with E-state index in [1.165, 1.54) is 6.07 Å². The first-order valence-corrected chi connectivity index (χ1v) is 15.4. The number of hydrogen-bond acceptors (Lipinski definition) is 8. The van der Waals surface area contributed by atoms with Crippen LogP contribution < -0.4 is 10.5 Å². The second kappa shape index (κ2) is 11.5. The molecule has 0 radical (unpaired) electrons. The number of nitriles is 1. The number of aromatic nitrogens is 4. The number of aromatic amines is 1. The summed E-state index contributed by atoms with van der Waals surface area (Å²) in [5.41, 5.74) is 1.82. The standard InChI is InChI=1S/C33H39FN8O3/c1-19-9-10-26-24(16-36-38-26)27(19)28-25(34)14-22-29(41-13-12-40(17-20(41)2)32(44)45-33(3,4)5)23(15-35)31(43)42(30(22)37-28)18-21-8-7-11-39(21)6/h9-10,14,16,20-21H,7-8,11-13,17-18H2,1-6H3,(H,36,38)/t20-,21-/m0/s1. The number of benzene rings is 1. The Morgan fingerprint density at radius 1 is 1.22 bits per heavy atom. The van der Waals surface area contributed by atoms with E-state index in [1.54, 1.807) is 15.7 Å². The Morgan fingerprint density at radius 2 is 2.00 bits per heavy atom. The first-order chi connectivity index (χ1) is 21.4. The second-order valence-corrected chi connectivity index (χ2v) is 13.3. The minimum absolute atomic E-state index is 0.0530. The molecule has 2 saturated heterocycles. The average molecular weight is 615 g/mol. The number of carbonyl (C=O) groups excluding carboxylic acids is 1. The highest BCUT2D eigenvalue weighted by Gasteiger charge is 2.34. The quantitative estimate of drug-likeness (QED) is 0.348. The Labute approximate surface area is 261 Å². The molecule has 2 fully saturated rings. The van der Waals surface area contributed by atoms with E-state index in [1.807, 2.05) is 58.7 Å². The molecule has 2 atom stereocenters. The molecule has 1 aromatic carbocycles. The number of likely N-dealkylation sites (N-methyl/N-ethyl adjacent to an activating group) is 1. The summed E-state index contributed by atoms with van der Waals surface area (Å²) in [6.45, 7) is 11.5. The Balaban J connectivity index is 1.54. The molecule has 4 aromatic rings. The van der Waals surface area contributed by atoms with Crippen molar-refractivity contribution in [1.29, 1.82) is 5.26 Å². The molecule has 1 amide bonds. The molecular formula is C33H39FN8O3. The molecule has 236 valence electrons. The number of rotatable bonds is 4. The number of fused-ring (bicyclic) bond motifs is 2. The Kier molecular flexibility index (Phi) is 7.77. The molecule has 11 nitrogen and oxygen atoms in total. The number of amides is 1. The lowest BCUT2D eigenvalue weighted by Crippen LogP contribution is -2.55. The van der Waals surface area contributed by atoms with Crippen LogP contribution in [-0.2, 0) is 11.3 Å². The summed E-state index contributed by atoms with van der Waals surface area (Å²) in [4.78, 5) is 37.8. The van der Waals surface area contributed by atoms with Crippen molar-refractivity contribution in [3.05, 3.63) is 51.7 Å². The molecule has 5 heterocycles. The maximum absolute atomic E-state index is 16.4. The largest absolute Gasteiger partial charge is 0.444 e. The number of piperazine rings is 1. The van der Waals surface area contributed by atoms with Gasteiger partial charge in [-0.1, -0.05) is 6.07 Å². The van der Waals surface area contributed by atoms with E-state index in [9.17, 15) is 14.9 Å². The summed E-state index contributed by atoms with van der Waals surface area (Å²) in [5.74, 6) is -0.562. The number of aryl methyl sites for hydroxylation is 1. The van der Waals surface area contributed by atoms with Crippen LogP contribution >= 0.6 is 0 Å². The van der Waals surface area contributed by atoms with Crippen LogP contribution in [0.25, 0.3) is 33.2 Å². The van der Waals surface area contributed by atoms with E-state index in [2.05, 4.69) is 21.2 Å². The Morgan fingerprint density at radius 3 is 2.67 bits per heavy atom. The van der Waals surface area contributed by atoms with Gasteiger partial charge in [-0.15, -0.1) is 0 Å². The third kappa shape index (κ3) is 5.50. The summed E-state index contributed by atoms with van der Waals surface area (Å²) in [6, 6.07) is 7.13. The molecular weight excluding hydrogens is 575 g/mol. The average Bonchev–Trinajstić information content (AvgIpc) is 3.62. The van der Waals surface area contributed by atoms with Crippen LogP contribution in [0.5, 0.6) is 0 Å². The van der Waals surface area contributed by atoms with Crippen LogP contribution in [0.4, 0.5) is 14.9 Å². The first-order valence-electron chi connectivity index (χ1n) is 15.4. The number of nitrogens with one attached hydrogen (secondary N) is 1. The number of nitrogens with zero attached hydrogens (tertiary/aromatic N) is 7. The topological polar surface area (TPSA) is 123 Å². The highest BCUT2D eigenvalue weighted by atomic mass is 19.1. The lowest BCUT2D eigenvalue weighted by molar-refractivity contribution is 0.0219. The lowest BCUT2D eigenvalue weighted by Gasteiger charge is -2.42. The van der Waals surface area contributed by atoms with Crippen molar-refractivity contribution in [2.24, 2.45) is 0 Å². The van der Waals surface area contributed by atoms with E-state index in [0.29, 0.717) is 48.5 Å². The minimum Gasteiger partial charge on any atom is -0.444 e. The van der Waals surface area contributed by atoms with Gasteiger partial charge in [-0.25, -0.2) is 14.2 Å². The summed E-state index contributed by atoms with van der Waals surface area (Å²) in [6.07, 6.45) is 3.14. The van der Waals surface area contributed by atoms with Crippen LogP contribution in [0, 0.1) is 24.1 Å². The highest BCUT2D eigenvalue weighted by Crippen LogP contribution is 2.37. The van der Waals surface area contributed by atoms with Gasteiger partial charge in [0.25, 0.3) is 5.56 Å². The molecule has 0 saturated carbocycles. The molecule has 12 heteroatoms. The maximum atomic E-state index is 16.4. The van der Waals surface area contributed by atoms with Crippen LogP contribution in [-0.4, -0.2) is 86.6 Å². The normalized spacial score (nSPS) is 19.4. The summed E-state index contributed by atoms with van der Waals surface area (Å²) in [7, 11) is 2.03. The number of anilines is 1. The Hall–Kier alpha value is -4.50. The molecule has 6 rings (SSSR count). The van der Waals surface area contributed by atoms with Crippen LogP contribution in [0.3, 0.4) is 0 Å². The molecule has 2 aliphatic rings. The van der Waals surface area contributed by atoms with Gasteiger partial charge in [0, 0.05) is 54.6 Å². The van der Waals surface area contributed by atoms with Crippen molar-refractivity contribution in [2.75, 3.05) is 38.1 Å². The molecule has 45 heavy (non-hydrogen) atoms. The summed E-state index contributed by atoms with van der Waals surface area (Å²) in [5, 5.41) is 18.6. The van der Waals surface area contributed by atoms with E-state index in [-0.39, 0.29) is 23.3 Å². The fraction of sp³-hybridized carbons (Fsp3) is 0.485. The Bertz CT molecular complexity index is 1900. The number of pyridine rings is 2. The molecule has 0 bridgehead atoms. The lowest BCUT2D eigenvalue weighted by atomic mass is 9.99. The third-order valence-electron chi connectivity index (χ3n) is 8.97. The van der Waals surface area contributed by atoms with Crippen molar-refractivity contribution in [3.63, 3.8) is 0 Å². The summed E-state index contributed by atoms with van der Waals surface area (Å²) < 4.78 is 23.5. The van der Waals surface area contributed by atoms with Gasteiger partial charge in [0.15, 0.2) is 0 Å². The van der Waals surface area contributed by atoms with Crippen LogP contribution in [0.1, 0.15) is 51.7 Å². The first kappa shape index (κ1) is 30.5. The SMILES string of the molecule is Cc1ccc2[nH]ncc2c1-c1nc2c(cc1F)c(N1CCN(C(=O)OC(C)(C)C)C[C@@H]1C)c(C#N)c(=O)n2C[C@@H]1CCCN1C. The van der Waals surface area contributed by atoms with Crippen LogP contribution in [0.15, 0.2) is 29.2 Å². The van der Waals surface area contributed by atoms with Crippen molar-refractivity contribution in [3.8, 4) is 17.3 Å². The predicted molar refractivity (Wildman–Crippen MR) is 171 cm³/mol. The minimum atomic E-state index is -0.639. The van der Waals surface area contributed by atoms with Gasteiger partial charge in [-0.2, -0.15) is 10.4 Å². The van der Waals surface area contributed by atoms with Crippen LogP contribution in [0.2, 0.25) is 0 Å². The molecule has 1 N–H and O–H groups in total. The molecule has 2 aliphatic heterocycles. The van der Waals surface area contributed by atoms with Crippen molar-refractivity contribution >= 4 is 33.7 Å². The highest BCUT2D eigenvalue weighted by molar-refractivity contribution is 5.99. The monoisotopic (exact) mass is 614 g/mol. The van der Waals surface area contributed by atoms with Crippen molar-refractivity contribution in [2.45, 2.75) is 71.7 Å².